The van der Waals surface area contributed by atoms with E-state index in [2.05, 4.69) is 56.4 Å². The van der Waals surface area contributed by atoms with E-state index in [4.69, 9.17) is 18.6 Å². The standard InChI is InChI=1S/C26H41BrO7Si/c1-10-26(34-35(8,9)23(2,3)4)19-25(26,22(30)33-7)17-12-11-15-24(20(28)31-5,21(29)32-6)16-13-14-18-27/h10-14H,1,15-19H2,2-9H3/b12-11+,14-13+/t25-,26+/m1/s1. The van der Waals surface area contributed by atoms with E-state index in [-0.39, 0.29) is 23.8 Å². The first-order valence-corrected chi connectivity index (χ1v) is 15.7. The third-order valence-corrected chi connectivity index (χ3v) is 12.2. The zero-order chi connectivity index (χ0) is 27.1. The lowest BCUT2D eigenvalue weighted by Gasteiger charge is -2.40. The maximum atomic E-state index is 13.0. The van der Waals surface area contributed by atoms with Crippen LogP contribution < -0.4 is 0 Å². The molecule has 1 aliphatic rings. The highest BCUT2D eigenvalue weighted by Gasteiger charge is 2.73. The van der Waals surface area contributed by atoms with Gasteiger partial charge in [0, 0.05) is 5.33 Å². The number of alkyl halides is 1. The normalized spacial score (nSPS) is 22.8. The summed E-state index contributed by atoms with van der Waals surface area (Å²) in [6.07, 6.45) is 9.73. The van der Waals surface area contributed by atoms with Crippen molar-refractivity contribution in [3.8, 4) is 0 Å². The fraction of sp³-hybridized carbons (Fsp3) is 0.654. The SMILES string of the molecule is C=C[C@]1(O[Si](C)(C)C(C)(C)C)C[C@]1(C/C=C/CC(C/C=C/CBr)(C(=O)OC)C(=O)OC)C(=O)OC. The maximum absolute atomic E-state index is 13.0. The average molecular weight is 574 g/mol. The summed E-state index contributed by atoms with van der Waals surface area (Å²) in [5.41, 5.74) is -3.26. The zero-order valence-corrected chi connectivity index (χ0v) is 25.0. The summed E-state index contributed by atoms with van der Waals surface area (Å²) in [5, 5.41) is 0.535. The predicted octanol–water partition coefficient (Wildman–Crippen LogP) is 5.51. The predicted molar refractivity (Wildman–Crippen MR) is 143 cm³/mol. The number of carbonyl (C=O) groups excluding carboxylic acids is 3. The van der Waals surface area contributed by atoms with Crippen LogP contribution in [0.25, 0.3) is 0 Å². The highest BCUT2D eigenvalue weighted by molar-refractivity contribution is 9.09. The molecule has 0 heterocycles. The van der Waals surface area contributed by atoms with E-state index in [0.717, 1.165) is 0 Å². The molecule has 7 nitrogen and oxygen atoms in total. The Balaban J connectivity index is 3.26. The van der Waals surface area contributed by atoms with Gasteiger partial charge in [0.25, 0.3) is 0 Å². The van der Waals surface area contributed by atoms with Crippen molar-refractivity contribution in [2.24, 2.45) is 10.8 Å². The number of ether oxygens (including phenoxy) is 3. The lowest BCUT2D eigenvalue weighted by Crippen LogP contribution is -2.46. The molecule has 0 aromatic rings. The molecule has 1 fully saturated rings. The van der Waals surface area contributed by atoms with Crippen molar-refractivity contribution in [2.45, 2.75) is 70.2 Å². The number of carbonyl (C=O) groups is 3. The molecule has 0 radical (unpaired) electrons. The first kappa shape index (κ1) is 31.3. The summed E-state index contributed by atoms with van der Waals surface area (Å²) < 4.78 is 21.8. The van der Waals surface area contributed by atoms with E-state index < -0.39 is 36.7 Å². The third-order valence-electron chi connectivity index (χ3n) is 7.37. The van der Waals surface area contributed by atoms with E-state index in [1.165, 1.54) is 21.3 Å². The molecular formula is C26H41BrO7Si. The van der Waals surface area contributed by atoms with Crippen molar-refractivity contribution >= 4 is 42.2 Å². The number of allylic oxidation sites excluding steroid dienone is 4. The minimum absolute atomic E-state index is 0.0490. The molecule has 0 unspecified atom stereocenters. The van der Waals surface area contributed by atoms with E-state index in [0.29, 0.717) is 18.2 Å². The molecule has 0 amide bonds. The van der Waals surface area contributed by atoms with Gasteiger partial charge >= 0.3 is 17.9 Å². The first-order chi connectivity index (χ1) is 16.2. The van der Waals surface area contributed by atoms with Gasteiger partial charge in [0.2, 0.25) is 0 Å². The Bertz CT molecular complexity index is 842. The smallest absolute Gasteiger partial charge is 0.323 e. The molecule has 198 valence electrons. The average Bonchev–Trinajstić information content (AvgIpc) is 3.45. The van der Waals surface area contributed by atoms with Gasteiger partial charge in [-0.15, -0.1) is 6.58 Å². The summed E-state index contributed by atoms with van der Waals surface area (Å²) in [6, 6.07) is 0. The van der Waals surface area contributed by atoms with Crippen LogP contribution in [0.1, 0.15) is 46.5 Å². The van der Waals surface area contributed by atoms with Gasteiger partial charge < -0.3 is 18.6 Å². The first-order valence-electron chi connectivity index (χ1n) is 11.6. The van der Waals surface area contributed by atoms with Crippen molar-refractivity contribution in [3.63, 3.8) is 0 Å². The van der Waals surface area contributed by atoms with Gasteiger partial charge in [-0.25, -0.2) is 0 Å². The van der Waals surface area contributed by atoms with Crippen LogP contribution in [0, 0.1) is 10.8 Å². The van der Waals surface area contributed by atoms with Crippen molar-refractivity contribution in [2.75, 3.05) is 26.7 Å². The molecule has 1 rings (SSSR count). The Morgan fingerprint density at radius 3 is 1.86 bits per heavy atom. The molecule has 35 heavy (non-hydrogen) atoms. The molecule has 0 spiro atoms. The zero-order valence-electron chi connectivity index (χ0n) is 22.4. The molecule has 2 atom stereocenters. The summed E-state index contributed by atoms with van der Waals surface area (Å²) >= 11 is 3.29. The molecule has 0 aromatic carbocycles. The largest absolute Gasteiger partial charge is 0.468 e. The monoisotopic (exact) mass is 572 g/mol. The second kappa shape index (κ2) is 12.0. The summed E-state index contributed by atoms with van der Waals surface area (Å²) in [6.45, 7) is 14.7. The highest BCUT2D eigenvalue weighted by Crippen LogP contribution is 2.65. The fourth-order valence-corrected chi connectivity index (χ4v) is 5.86. The molecule has 0 saturated heterocycles. The number of esters is 3. The van der Waals surface area contributed by atoms with Gasteiger partial charge in [-0.1, -0.05) is 67.1 Å². The molecule has 0 N–H and O–H groups in total. The molecular weight excluding hydrogens is 532 g/mol. The van der Waals surface area contributed by atoms with E-state index >= 15 is 0 Å². The number of halogens is 1. The summed E-state index contributed by atoms with van der Waals surface area (Å²) in [7, 11) is 1.63. The van der Waals surface area contributed by atoms with Crippen LogP contribution in [0.2, 0.25) is 18.1 Å². The summed E-state index contributed by atoms with van der Waals surface area (Å²) in [5.74, 6) is -1.72. The lowest BCUT2D eigenvalue weighted by molar-refractivity contribution is -0.168. The Labute approximate surface area is 219 Å². The molecule has 1 saturated carbocycles. The van der Waals surface area contributed by atoms with Crippen LogP contribution in [0.15, 0.2) is 37.0 Å². The minimum Gasteiger partial charge on any atom is -0.468 e. The van der Waals surface area contributed by atoms with Gasteiger partial charge in [-0.3, -0.25) is 14.4 Å². The second-order valence-electron chi connectivity index (χ2n) is 10.5. The number of methoxy groups -OCH3 is 3. The number of hydrogen-bond donors (Lipinski definition) is 0. The van der Waals surface area contributed by atoms with Crippen LogP contribution in [0.3, 0.4) is 0 Å². The molecule has 0 aliphatic heterocycles. The Morgan fingerprint density at radius 2 is 1.46 bits per heavy atom. The van der Waals surface area contributed by atoms with Crippen molar-refractivity contribution in [3.05, 3.63) is 37.0 Å². The van der Waals surface area contributed by atoms with Gasteiger partial charge in [0.1, 0.15) is 5.41 Å². The van der Waals surface area contributed by atoms with E-state index in [9.17, 15) is 14.4 Å². The molecule has 9 heteroatoms. The lowest BCUT2D eigenvalue weighted by atomic mass is 9.80. The Morgan fingerprint density at radius 1 is 0.943 bits per heavy atom. The fourth-order valence-electron chi connectivity index (χ4n) is 4.03. The van der Waals surface area contributed by atoms with Crippen LogP contribution in [0.4, 0.5) is 0 Å². The second-order valence-corrected chi connectivity index (χ2v) is 15.9. The van der Waals surface area contributed by atoms with E-state index in [1.807, 2.05) is 0 Å². The Kier molecular flexibility index (Phi) is 10.8. The van der Waals surface area contributed by atoms with Crippen molar-refractivity contribution in [1.82, 2.24) is 0 Å². The topological polar surface area (TPSA) is 88.1 Å². The maximum Gasteiger partial charge on any atom is 0.323 e. The molecule has 0 bridgehead atoms. The number of hydrogen-bond acceptors (Lipinski definition) is 7. The van der Waals surface area contributed by atoms with Gasteiger partial charge in [-0.2, -0.15) is 0 Å². The van der Waals surface area contributed by atoms with Crippen molar-refractivity contribution in [1.29, 1.82) is 0 Å². The Hall–Kier alpha value is -1.71. The van der Waals surface area contributed by atoms with Gasteiger partial charge in [0.15, 0.2) is 13.7 Å². The van der Waals surface area contributed by atoms with Crippen molar-refractivity contribution < 1.29 is 33.0 Å². The third kappa shape index (κ3) is 6.35. The quantitative estimate of drug-likeness (QED) is 0.0718. The molecule has 1 aliphatic carbocycles. The number of rotatable bonds is 13. The van der Waals surface area contributed by atoms with Gasteiger partial charge in [-0.05, 0) is 43.8 Å². The summed E-state index contributed by atoms with van der Waals surface area (Å²) in [4.78, 5) is 38.3. The van der Waals surface area contributed by atoms with Crippen LogP contribution in [-0.4, -0.2) is 58.5 Å². The van der Waals surface area contributed by atoms with E-state index in [1.54, 1.807) is 30.4 Å². The minimum atomic E-state index is -2.22. The highest BCUT2D eigenvalue weighted by atomic mass is 79.9. The van der Waals surface area contributed by atoms with Crippen LogP contribution >= 0.6 is 15.9 Å². The van der Waals surface area contributed by atoms with Crippen LogP contribution in [0.5, 0.6) is 0 Å². The van der Waals surface area contributed by atoms with Gasteiger partial charge in [0.05, 0.1) is 26.9 Å². The van der Waals surface area contributed by atoms with Crippen LogP contribution in [-0.2, 0) is 33.0 Å². The molecule has 0 aromatic heterocycles.